The zero-order chi connectivity index (χ0) is 9.54. The van der Waals surface area contributed by atoms with Crippen LogP contribution in [-0.2, 0) is 12.8 Å². The molecule has 0 N–H and O–H groups in total. The molecule has 1 aromatic rings. The summed E-state index contributed by atoms with van der Waals surface area (Å²) in [5.74, 6) is 1.30. The molecule has 0 amide bonds. The standard InChI is InChI=1S/C12H12O2/c13-11-5-3-8-9(11)4-6-12-10(8)2-1-7-14-12/h4,6H,1-3,5,7H2. The molecule has 0 radical (unpaired) electrons. The van der Waals surface area contributed by atoms with E-state index in [4.69, 9.17) is 4.74 Å². The molecule has 1 heterocycles. The molecule has 1 aliphatic carbocycles. The lowest BCUT2D eigenvalue weighted by Crippen LogP contribution is -2.10. The Labute approximate surface area is 82.9 Å². The van der Waals surface area contributed by atoms with Gasteiger partial charge in [-0.1, -0.05) is 0 Å². The molecular weight excluding hydrogens is 176 g/mol. The van der Waals surface area contributed by atoms with Gasteiger partial charge in [-0.2, -0.15) is 0 Å². The van der Waals surface area contributed by atoms with Gasteiger partial charge in [0.25, 0.3) is 0 Å². The van der Waals surface area contributed by atoms with Crippen LogP contribution in [0.25, 0.3) is 0 Å². The average Bonchev–Trinajstić information content (AvgIpc) is 2.61. The van der Waals surface area contributed by atoms with Gasteiger partial charge < -0.3 is 4.74 Å². The predicted octanol–water partition coefficient (Wildman–Crippen LogP) is 2.14. The van der Waals surface area contributed by atoms with E-state index in [2.05, 4.69) is 0 Å². The molecule has 0 atom stereocenters. The second-order valence-electron chi connectivity index (χ2n) is 3.94. The molecule has 14 heavy (non-hydrogen) atoms. The van der Waals surface area contributed by atoms with Crippen LogP contribution in [0.2, 0.25) is 0 Å². The average molecular weight is 188 g/mol. The van der Waals surface area contributed by atoms with E-state index in [1.165, 1.54) is 11.1 Å². The molecule has 2 aliphatic rings. The van der Waals surface area contributed by atoms with Crippen molar-refractivity contribution in [3.8, 4) is 5.75 Å². The highest BCUT2D eigenvalue weighted by atomic mass is 16.5. The smallest absolute Gasteiger partial charge is 0.163 e. The van der Waals surface area contributed by atoms with Crippen molar-refractivity contribution in [2.45, 2.75) is 25.7 Å². The van der Waals surface area contributed by atoms with Gasteiger partial charge in [0.1, 0.15) is 5.75 Å². The molecule has 3 rings (SSSR count). The van der Waals surface area contributed by atoms with Crippen LogP contribution in [0.1, 0.15) is 34.3 Å². The van der Waals surface area contributed by atoms with Crippen LogP contribution >= 0.6 is 0 Å². The van der Waals surface area contributed by atoms with E-state index < -0.39 is 0 Å². The van der Waals surface area contributed by atoms with E-state index in [0.717, 1.165) is 37.2 Å². The molecule has 0 bridgehead atoms. The molecule has 0 aromatic heterocycles. The summed E-state index contributed by atoms with van der Waals surface area (Å²) < 4.78 is 5.57. The summed E-state index contributed by atoms with van der Waals surface area (Å²) in [5.41, 5.74) is 3.49. The van der Waals surface area contributed by atoms with Gasteiger partial charge >= 0.3 is 0 Å². The fraction of sp³-hybridized carbons (Fsp3) is 0.417. The lowest BCUT2D eigenvalue weighted by atomic mass is 9.97. The second kappa shape index (κ2) is 2.84. The molecule has 1 aromatic carbocycles. The highest BCUT2D eigenvalue weighted by Gasteiger charge is 2.25. The minimum atomic E-state index is 0.299. The van der Waals surface area contributed by atoms with Crippen LogP contribution in [0.3, 0.4) is 0 Å². The summed E-state index contributed by atoms with van der Waals surface area (Å²) >= 11 is 0. The first-order chi connectivity index (χ1) is 6.86. The van der Waals surface area contributed by atoms with Crippen molar-refractivity contribution in [2.75, 3.05) is 6.61 Å². The minimum Gasteiger partial charge on any atom is -0.493 e. The maximum atomic E-state index is 11.5. The van der Waals surface area contributed by atoms with Crippen LogP contribution in [0.5, 0.6) is 5.75 Å². The van der Waals surface area contributed by atoms with E-state index in [-0.39, 0.29) is 0 Å². The van der Waals surface area contributed by atoms with Crippen molar-refractivity contribution >= 4 is 5.78 Å². The number of ether oxygens (including phenoxy) is 1. The summed E-state index contributed by atoms with van der Waals surface area (Å²) in [7, 11) is 0. The highest BCUT2D eigenvalue weighted by molar-refractivity contribution is 6.01. The van der Waals surface area contributed by atoms with Crippen molar-refractivity contribution in [1.82, 2.24) is 0 Å². The van der Waals surface area contributed by atoms with Crippen LogP contribution in [0.4, 0.5) is 0 Å². The van der Waals surface area contributed by atoms with Gasteiger partial charge in [0.05, 0.1) is 6.61 Å². The molecule has 1 aliphatic heterocycles. The van der Waals surface area contributed by atoms with Crippen LogP contribution in [0.15, 0.2) is 12.1 Å². The second-order valence-corrected chi connectivity index (χ2v) is 3.94. The Morgan fingerprint density at radius 1 is 1.07 bits per heavy atom. The van der Waals surface area contributed by atoms with Crippen LogP contribution in [-0.4, -0.2) is 12.4 Å². The zero-order valence-electron chi connectivity index (χ0n) is 8.01. The van der Waals surface area contributed by atoms with E-state index >= 15 is 0 Å². The number of hydrogen-bond donors (Lipinski definition) is 0. The summed E-state index contributed by atoms with van der Waals surface area (Å²) in [6.45, 7) is 0.819. The first kappa shape index (κ1) is 8.04. The number of fused-ring (bicyclic) bond motifs is 3. The van der Waals surface area contributed by atoms with Gasteiger partial charge in [0.2, 0.25) is 0 Å². The number of carbonyl (C=O) groups is 1. The first-order valence-corrected chi connectivity index (χ1v) is 5.17. The van der Waals surface area contributed by atoms with Gasteiger partial charge in [-0.15, -0.1) is 0 Å². The van der Waals surface area contributed by atoms with Crippen molar-refractivity contribution in [2.24, 2.45) is 0 Å². The van der Waals surface area contributed by atoms with Gasteiger partial charge in [-0.25, -0.2) is 0 Å². The summed E-state index contributed by atoms with van der Waals surface area (Å²) in [6, 6.07) is 3.88. The normalized spacial score (nSPS) is 18.7. The van der Waals surface area contributed by atoms with Crippen LogP contribution in [0, 0.1) is 0 Å². The van der Waals surface area contributed by atoms with Gasteiger partial charge in [0, 0.05) is 12.0 Å². The molecule has 2 heteroatoms. The predicted molar refractivity (Wildman–Crippen MR) is 52.9 cm³/mol. The lowest BCUT2D eigenvalue weighted by Gasteiger charge is -2.19. The minimum absolute atomic E-state index is 0.299. The summed E-state index contributed by atoms with van der Waals surface area (Å²) in [4.78, 5) is 11.5. The summed E-state index contributed by atoms with van der Waals surface area (Å²) in [6.07, 6.45) is 3.76. The summed E-state index contributed by atoms with van der Waals surface area (Å²) in [5, 5.41) is 0. The molecule has 2 nitrogen and oxygen atoms in total. The Morgan fingerprint density at radius 3 is 2.93 bits per heavy atom. The molecule has 0 unspecified atom stereocenters. The molecule has 0 spiro atoms. The Hall–Kier alpha value is -1.31. The third-order valence-corrected chi connectivity index (χ3v) is 3.12. The quantitative estimate of drug-likeness (QED) is 0.623. The maximum Gasteiger partial charge on any atom is 0.163 e. The maximum absolute atomic E-state index is 11.5. The number of Topliss-reactive ketones (excluding diaryl/α,β-unsaturated/α-hetero) is 1. The lowest BCUT2D eigenvalue weighted by molar-refractivity contribution is 0.0994. The first-order valence-electron chi connectivity index (χ1n) is 5.17. The largest absolute Gasteiger partial charge is 0.493 e. The number of rotatable bonds is 0. The third-order valence-electron chi connectivity index (χ3n) is 3.12. The Balaban J connectivity index is 2.20. The van der Waals surface area contributed by atoms with Crippen molar-refractivity contribution < 1.29 is 9.53 Å². The van der Waals surface area contributed by atoms with Crippen molar-refractivity contribution in [3.05, 3.63) is 28.8 Å². The van der Waals surface area contributed by atoms with Crippen molar-refractivity contribution in [1.29, 1.82) is 0 Å². The molecule has 0 saturated heterocycles. The highest BCUT2D eigenvalue weighted by Crippen LogP contribution is 2.34. The SMILES string of the molecule is O=C1CCc2c1ccc1c2CCCO1. The molecule has 0 saturated carbocycles. The van der Waals surface area contributed by atoms with Crippen molar-refractivity contribution in [3.63, 3.8) is 0 Å². The zero-order valence-corrected chi connectivity index (χ0v) is 8.01. The molecular formula is C12H12O2. The fourth-order valence-electron chi connectivity index (χ4n) is 2.43. The van der Waals surface area contributed by atoms with Crippen LogP contribution < -0.4 is 4.74 Å². The Morgan fingerprint density at radius 2 is 2.00 bits per heavy atom. The number of hydrogen-bond acceptors (Lipinski definition) is 2. The Bertz CT molecular complexity index is 407. The van der Waals surface area contributed by atoms with Gasteiger partial charge in [-0.05, 0) is 42.5 Å². The Kier molecular flexibility index (Phi) is 1.63. The van der Waals surface area contributed by atoms with E-state index in [9.17, 15) is 4.79 Å². The van der Waals surface area contributed by atoms with Gasteiger partial charge in [0.15, 0.2) is 5.78 Å². The fourth-order valence-corrected chi connectivity index (χ4v) is 2.43. The third kappa shape index (κ3) is 0.999. The number of carbonyl (C=O) groups excluding carboxylic acids is 1. The molecule has 72 valence electrons. The monoisotopic (exact) mass is 188 g/mol. The molecule has 0 fully saturated rings. The van der Waals surface area contributed by atoms with E-state index in [0.29, 0.717) is 12.2 Å². The van der Waals surface area contributed by atoms with Gasteiger partial charge in [-0.3, -0.25) is 4.79 Å². The topological polar surface area (TPSA) is 26.3 Å². The number of ketones is 1. The van der Waals surface area contributed by atoms with E-state index in [1.807, 2.05) is 12.1 Å². The number of benzene rings is 1. The van der Waals surface area contributed by atoms with E-state index in [1.54, 1.807) is 0 Å².